The quantitative estimate of drug-likeness (QED) is 0.266. The Balaban J connectivity index is 2.01. The van der Waals surface area contributed by atoms with Gasteiger partial charge in [-0.2, -0.15) is 0 Å². The second-order valence-corrected chi connectivity index (χ2v) is 6.31. The van der Waals surface area contributed by atoms with Gasteiger partial charge in [0.05, 0.1) is 20.0 Å². The standard InChI is InChI=1S/C11H16N5O8P/c1-21-23-8-7(24-25(18,19)20)5(2-17)22-11(8)16-4-15-6-9(12)13-3-14-10(6)16/h3-5,7-8,11,17H,2H2,1H3,(H2,12,13,14)(H2,18,19,20)/t5-,7-,8-,11-/m1/s1. The maximum absolute atomic E-state index is 11.2. The van der Waals surface area contributed by atoms with Gasteiger partial charge in [0.25, 0.3) is 0 Å². The van der Waals surface area contributed by atoms with Crippen LogP contribution in [0.15, 0.2) is 12.7 Å². The van der Waals surface area contributed by atoms with Crippen molar-refractivity contribution in [3.8, 4) is 0 Å². The Morgan fingerprint density at radius 3 is 2.76 bits per heavy atom. The van der Waals surface area contributed by atoms with Crippen LogP contribution < -0.4 is 5.73 Å². The van der Waals surface area contributed by atoms with Gasteiger partial charge in [-0.1, -0.05) is 0 Å². The molecule has 1 saturated heterocycles. The van der Waals surface area contributed by atoms with Crippen molar-refractivity contribution in [3.63, 3.8) is 0 Å². The number of phosphoric acid groups is 1. The van der Waals surface area contributed by atoms with Crippen LogP contribution in [0, 0.1) is 0 Å². The highest BCUT2D eigenvalue weighted by atomic mass is 31.2. The van der Waals surface area contributed by atoms with Gasteiger partial charge < -0.3 is 25.4 Å². The predicted molar refractivity (Wildman–Crippen MR) is 79.5 cm³/mol. The van der Waals surface area contributed by atoms with Crippen molar-refractivity contribution in [2.75, 3.05) is 19.5 Å². The molecule has 0 aliphatic carbocycles. The topological polar surface area (TPSA) is 184 Å². The van der Waals surface area contributed by atoms with Gasteiger partial charge in [0.2, 0.25) is 0 Å². The normalized spacial score (nSPS) is 27.2. The summed E-state index contributed by atoms with van der Waals surface area (Å²) in [5.74, 6) is 0.146. The zero-order chi connectivity index (χ0) is 18.2. The molecule has 4 atom stereocenters. The third-order valence-electron chi connectivity index (χ3n) is 3.59. The van der Waals surface area contributed by atoms with Crippen molar-refractivity contribution in [2.45, 2.75) is 24.5 Å². The van der Waals surface area contributed by atoms with E-state index in [0.29, 0.717) is 11.2 Å². The minimum absolute atomic E-state index is 0.146. The van der Waals surface area contributed by atoms with E-state index >= 15 is 0 Å². The molecular weight excluding hydrogens is 361 g/mol. The lowest BCUT2D eigenvalue weighted by Gasteiger charge is -2.22. The summed E-state index contributed by atoms with van der Waals surface area (Å²) < 4.78 is 23.0. The van der Waals surface area contributed by atoms with Gasteiger partial charge in [-0.3, -0.25) is 9.09 Å². The molecule has 0 spiro atoms. The Morgan fingerprint density at radius 2 is 2.12 bits per heavy atom. The van der Waals surface area contributed by atoms with Crippen LogP contribution in [0.4, 0.5) is 5.82 Å². The first-order chi connectivity index (χ1) is 11.9. The van der Waals surface area contributed by atoms with Gasteiger partial charge in [0.1, 0.15) is 24.1 Å². The average Bonchev–Trinajstić information content (AvgIpc) is 3.10. The lowest BCUT2D eigenvalue weighted by atomic mass is 10.1. The van der Waals surface area contributed by atoms with E-state index in [-0.39, 0.29) is 5.82 Å². The number of phosphoric ester groups is 1. The van der Waals surface area contributed by atoms with E-state index in [1.165, 1.54) is 24.3 Å². The second kappa shape index (κ2) is 6.90. The molecule has 3 rings (SSSR count). The summed E-state index contributed by atoms with van der Waals surface area (Å²) in [5.41, 5.74) is 6.34. The Bertz CT molecular complexity index is 796. The third kappa shape index (κ3) is 3.49. The number of nitrogen functional groups attached to an aromatic ring is 1. The number of aliphatic hydroxyl groups is 1. The summed E-state index contributed by atoms with van der Waals surface area (Å²) in [6.07, 6.45) is -1.97. The molecule has 0 aromatic carbocycles. The lowest BCUT2D eigenvalue weighted by Crippen LogP contribution is -2.37. The highest BCUT2D eigenvalue weighted by Gasteiger charge is 2.51. The molecule has 138 valence electrons. The molecule has 0 saturated carbocycles. The number of ether oxygens (including phenoxy) is 1. The summed E-state index contributed by atoms with van der Waals surface area (Å²) >= 11 is 0. The van der Waals surface area contributed by atoms with Crippen LogP contribution in [0.3, 0.4) is 0 Å². The molecule has 5 N–H and O–H groups in total. The number of fused-ring (bicyclic) bond motifs is 1. The molecule has 1 fully saturated rings. The fraction of sp³-hybridized carbons (Fsp3) is 0.545. The van der Waals surface area contributed by atoms with Crippen LogP contribution in [-0.4, -0.2) is 66.4 Å². The largest absolute Gasteiger partial charge is 0.470 e. The first-order valence-corrected chi connectivity index (χ1v) is 8.51. The van der Waals surface area contributed by atoms with E-state index in [4.69, 9.17) is 29.7 Å². The zero-order valence-corrected chi connectivity index (χ0v) is 13.8. The number of hydrogen-bond acceptors (Lipinski definition) is 10. The lowest BCUT2D eigenvalue weighted by molar-refractivity contribution is -0.326. The summed E-state index contributed by atoms with van der Waals surface area (Å²) in [4.78, 5) is 39.9. The Labute approximate surface area is 140 Å². The Morgan fingerprint density at radius 1 is 1.36 bits per heavy atom. The monoisotopic (exact) mass is 377 g/mol. The molecule has 13 nitrogen and oxygen atoms in total. The number of anilines is 1. The minimum atomic E-state index is -4.88. The van der Waals surface area contributed by atoms with Crippen LogP contribution in [0.5, 0.6) is 0 Å². The van der Waals surface area contributed by atoms with Crippen molar-refractivity contribution in [1.29, 1.82) is 0 Å². The first-order valence-electron chi connectivity index (χ1n) is 6.98. The summed E-state index contributed by atoms with van der Waals surface area (Å²) in [5, 5.41) is 9.47. The number of nitrogens with zero attached hydrogens (tertiary/aromatic N) is 4. The summed E-state index contributed by atoms with van der Waals surface area (Å²) in [6.45, 7) is -0.575. The average molecular weight is 377 g/mol. The SMILES string of the molecule is COO[C@@H]1[C@H](OP(=O)(O)O)[C@@H](CO)O[C@H]1n1cnc2c(N)ncnc21. The minimum Gasteiger partial charge on any atom is -0.394 e. The summed E-state index contributed by atoms with van der Waals surface area (Å²) in [7, 11) is -3.67. The van der Waals surface area contributed by atoms with E-state index in [2.05, 4.69) is 19.8 Å². The Hall–Kier alpha value is -1.70. The van der Waals surface area contributed by atoms with Crippen LogP contribution in [0.2, 0.25) is 0 Å². The number of aromatic nitrogens is 4. The van der Waals surface area contributed by atoms with Crippen LogP contribution >= 0.6 is 7.82 Å². The Kier molecular flexibility index (Phi) is 4.99. The fourth-order valence-electron chi connectivity index (χ4n) is 2.63. The molecule has 0 amide bonds. The summed E-state index contributed by atoms with van der Waals surface area (Å²) in [6, 6.07) is 0. The molecule has 25 heavy (non-hydrogen) atoms. The smallest absolute Gasteiger partial charge is 0.394 e. The molecule has 2 aromatic heterocycles. The van der Waals surface area contributed by atoms with E-state index in [1.807, 2.05) is 0 Å². The maximum Gasteiger partial charge on any atom is 0.470 e. The van der Waals surface area contributed by atoms with Crippen LogP contribution in [0.25, 0.3) is 11.2 Å². The van der Waals surface area contributed by atoms with E-state index < -0.39 is 39.0 Å². The van der Waals surface area contributed by atoms with Gasteiger partial charge in [-0.05, 0) is 0 Å². The number of aliphatic hydroxyl groups excluding tert-OH is 1. The molecular formula is C11H16N5O8P. The van der Waals surface area contributed by atoms with Crippen molar-refractivity contribution < 1.29 is 38.5 Å². The van der Waals surface area contributed by atoms with Gasteiger partial charge in [0.15, 0.2) is 23.8 Å². The molecule has 2 aromatic rings. The molecule has 14 heteroatoms. The van der Waals surface area contributed by atoms with Gasteiger partial charge >= 0.3 is 7.82 Å². The zero-order valence-electron chi connectivity index (χ0n) is 12.9. The van der Waals surface area contributed by atoms with E-state index in [1.54, 1.807) is 0 Å². The van der Waals surface area contributed by atoms with Gasteiger partial charge in [-0.15, -0.1) is 0 Å². The molecule has 3 heterocycles. The third-order valence-corrected chi connectivity index (χ3v) is 4.11. The van der Waals surface area contributed by atoms with Crippen molar-refractivity contribution in [2.24, 2.45) is 0 Å². The second-order valence-electron chi connectivity index (χ2n) is 5.12. The molecule has 1 aliphatic heterocycles. The van der Waals surface area contributed by atoms with Crippen molar-refractivity contribution in [3.05, 3.63) is 12.7 Å². The van der Waals surface area contributed by atoms with Crippen molar-refractivity contribution >= 4 is 24.8 Å². The van der Waals surface area contributed by atoms with E-state index in [0.717, 1.165) is 0 Å². The van der Waals surface area contributed by atoms with Crippen LogP contribution in [0.1, 0.15) is 6.23 Å². The maximum atomic E-state index is 11.2. The number of hydrogen-bond donors (Lipinski definition) is 4. The number of nitrogens with two attached hydrogens (primary N) is 1. The van der Waals surface area contributed by atoms with Crippen molar-refractivity contribution in [1.82, 2.24) is 19.5 Å². The van der Waals surface area contributed by atoms with Gasteiger partial charge in [-0.25, -0.2) is 29.3 Å². The molecule has 0 bridgehead atoms. The number of imidazole rings is 1. The van der Waals surface area contributed by atoms with Crippen LogP contribution in [-0.2, 0) is 23.6 Å². The molecule has 0 unspecified atom stereocenters. The highest BCUT2D eigenvalue weighted by Crippen LogP contribution is 2.45. The first kappa shape index (κ1) is 18.1. The number of rotatable bonds is 6. The molecule has 1 aliphatic rings. The van der Waals surface area contributed by atoms with Gasteiger partial charge in [0, 0.05) is 0 Å². The van der Waals surface area contributed by atoms with E-state index in [9.17, 15) is 9.67 Å². The highest BCUT2D eigenvalue weighted by molar-refractivity contribution is 7.46. The fourth-order valence-corrected chi connectivity index (χ4v) is 3.21. The predicted octanol–water partition coefficient (Wildman–Crippen LogP) is -1.28. The molecule has 0 radical (unpaired) electrons.